The third-order valence-electron chi connectivity index (χ3n) is 3.39. The molecule has 1 heterocycles. The molecule has 0 spiro atoms. The number of esters is 1. The van der Waals surface area contributed by atoms with Gasteiger partial charge in [0.1, 0.15) is 5.69 Å². The lowest BCUT2D eigenvalue weighted by Gasteiger charge is -2.09. The highest BCUT2D eigenvalue weighted by atomic mass is 16.5. The molecule has 0 fully saturated rings. The molecule has 2 rings (SSSR count). The average Bonchev–Trinajstić information content (AvgIpc) is 2.61. The van der Waals surface area contributed by atoms with Crippen molar-refractivity contribution in [3.8, 4) is 0 Å². The Morgan fingerprint density at radius 3 is 2.75 bits per heavy atom. The molecule has 2 N–H and O–H groups in total. The maximum Gasteiger partial charge on any atom is 0.337 e. The van der Waals surface area contributed by atoms with Gasteiger partial charge in [-0.05, 0) is 36.8 Å². The molecular formula is C18H21N3O3. The number of amides is 1. The van der Waals surface area contributed by atoms with E-state index in [9.17, 15) is 9.59 Å². The Morgan fingerprint density at radius 2 is 2.00 bits per heavy atom. The largest absolute Gasteiger partial charge is 0.465 e. The van der Waals surface area contributed by atoms with Gasteiger partial charge in [0, 0.05) is 24.1 Å². The number of aromatic nitrogens is 1. The van der Waals surface area contributed by atoms with Crippen molar-refractivity contribution in [2.24, 2.45) is 0 Å². The number of nitrogens with one attached hydrogen (secondary N) is 2. The van der Waals surface area contributed by atoms with Crippen LogP contribution in [0.4, 0.5) is 11.4 Å². The van der Waals surface area contributed by atoms with Crippen LogP contribution in [0.1, 0.15) is 40.6 Å². The molecule has 0 atom stereocenters. The number of hydrogen-bond acceptors (Lipinski definition) is 5. The quantitative estimate of drug-likeness (QED) is 0.602. The van der Waals surface area contributed by atoms with Gasteiger partial charge in [0.2, 0.25) is 0 Å². The molecule has 1 amide bonds. The van der Waals surface area contributed by atoms with Crippen molar-refractivity contribution in [2.75, 3.05) is 24.3 Å². The maximum absolute atomic E-state index is 12.3. The third kappa shape index (κ3) is 4.81. The first-order valence-corrected chi connectivity index (χ1v) is 7.83. The molecule has 1 aromatic carbocycles. The summed E-state index contributed by atoms with van der Waals surface area (Å²) in [6, 6.07) is 10.1. The Bertz CT molecular complexity index is 716. The van der Waals surface area contributed by atoms with Crippen LogP contribution >= 0.6 is 0 Å². The molecule has 0 unspecified atom stereocenters. The van der Waals surface area contributed by atoms with E-state index >= 15 is 0 Å². The van der Waals surface area contributed by atoms with Crippen LogP contribution in [0.2, 0.25) is 0 Å². The van der Waals surface area contributed by atoms with Gasteiger partial charge in [0.15, 0.2) is 0 Å². The highest BCUT2D eigenvalue weighted by Gasteiger charge is 2.11. The Balaban J connectivity index is 2.07. The minimum atomic E-state index is -0.452. The summed E-state index contributed by atoms with van der Waals surface area (Å²) in [5.74, 6) is -0.789. The summed E-state index contributed by atoms with van der Waals surface area (Å²) in [5, 5.41) is 5.99. The van der Waals surface area contributed by atoms with Crippen LogP contribution in [0.15, 0.2) is 42.6 Å². The zero-order valence-electron chi connectivity index (χ0n) is 13.8. The van der Waals surface area contributed by atoms with E-state index in [1.54, 1.807) is 36.5 Å². The van der Waals surface area contributed by atoms with Crippen LogP contribution < -0.4 is 10.6 Å². The Kier molecular flexibility index (Phi) is 6.31. The fourth-order valence-electron chi connectivity index (χ4n) is 2.11. The molecule has 2 aromatic rings. The number of carbonyl (C=O) groups is 2. The first-order valence-electron chi connectivity index (χ1n) is 7.83. The van der Waals surface area contributed by atoms with Crippen molar-refractivity contribution in [2.45, 2.75) is 19.8 Å². The topological polar surface area (TPSA) is 80.3 Å². The van der Waals surface area contributed by atoms with Crippen molar-refractivity contribution < 1.29 is 14.3 Å². The average molecular weight is 327 g/mol. The number of anilines is 2. The molecular weight excluding hydrogens is 306 g/mol. The number of methoxy groups -OCH3 is 1. The van der Waals surface area contributed by atoms with E-state index < -0.39 is 5.97 Å². The Hall–Kier alpha value is -2.89. The molecule has 0 aliphatic heterocycles. The molecule has 0 aliphatic carbocycles. The third-order valence-corrected chi connectivity index (χ3v) is 3.39. The lowest BCUT2D eigenvalue weighted by atomic mass is 10.2. The molecule has 126 valence electrons. The number of rotatable bonds is 7. The van der Waals surface area contributed by atoms with Crippen LogP contribution in [0.25, 0.3) is 0 Å². The molecule has 0 saturated heterocycles. The number of unbranched alkanes of at least 4 members (excludes halogenated alkanes) is 1. The van der Waals surface area contributed by atoms with Gasteiger partial charge >= 0.3 is 5.97 Å². The predicted molar refractivity (Wildman–Crippen MR) is 93.4 cm³/mol. The number of carbonyl (C=O) groups excluding carboxylic acids is 2. The van der Waals surface area contributed by atoms with Crippen LogP contribution in [0.3, 0.4) is 0 Å². The van der Waals surface area contributed by atoms with Crippen LogP contribution in [-0.2, 0) is 4.74 Å². The van der Waals surface area contributed by atoms with Gasteiger partial charge < -0.3 is 15.4 Å². The summed E-state index contributed by atoms with van der Waals surface area (Å²) < 4.78 is 4.67. The van der Waals surface area contributed by atoms with E-state index in [0.717, 1.165) is 25.1 Å². The van der Waals surface area contributed by atoms with Gasteiger partial charge in [0.25, 0.3) is 5.91 Å². The minimum absolute atomic E-state index is 0.306. The van der Waals surface area contributed by atoms with Crippen LogP contribution in [-0.4, -0.2) is 30.5 Å². The smallest absolute Gasteiger partial charge is 0.337 e. The summed E-state index contributed by atoms with van der Waals surface area (Å²) in [7, 11) is 1.31. The number of pyridine rings is 1. The number of benzene rings is 1. The summed E-state index contributed by atoms with van der Waals surface area (Å²) in [6.45, 7) is 2.97. The second kappa shape index (κ2) is 8.67. The van der Waals surface area contributed by atoms with Gasteiger partial charge in [-0.3, -0.25) is 9.78 Å². The number of nitrogens with zero attached hydrogens (tertiary/aromatic N) is 1. The van der Waals surface area contributed by atoms with Crippen molar-refractivity contribution in [3.05, 3.63) is 53.9 Å². The van der Waals surface area contributed by atoms with Gasteiger partial charge in [0.05, 0.1) is 12.7 Å². The molecule has 6 nitrogen and oxygen atoms in total. The molecule has 0 radical (unpaired) electrons. The molecule has 0 aliphatic rings. The van der Waals surface area contributed by atoms with Gasteiger partial charge in [-0.25, -0.2) is 4.79 Å². The Labute approximate surface area is 141 Å². The lowest BCUT2D eigenvalue weighted by molar-refractivity contribution is 0.0600. The van der Waals surface area contributed by atoms with E-state index in [2.05, 4.69) is 27.3 Å². The van der Waals surface area contributed by atoms with Crippen molar-refractivity contribution in [1.29, 1.82) is 0 Å². The van der Waals surface area contributed by atoms with E-state index in [1.807, 2.05) is 6.07 Å². The second-order valence-corrected chi connectivity index (χ2v) is 5.24. The number of hydrogen-bond donors (Lipinski definition) is 2. The van der Waals surface area contributed by atoms with Crippen molar-refractivity contribution in [3.63, 3.8) is 0 Å². The van der Waals surface area contributed by atoms with Gasteiger partial charge in [-0.1, -0.05) is 19.4 Å². The van der Waals surface area contributed by atoms with E-state index in [-0.39, 0.29) is 5.91 Å². The highest BCUT2D eigenvalue weighted by molar-refractivity contribution is 6.04. The normalized spacial score (nSPS) is 10.1. The van der Waals surface area contributed by atoms with E-state index in [1.165, 1.54) is 7.11 Å². The SMILES string of the molecule is CCCCNc1ccnc(C(=O)Nc2cccc(C(=O)OC)c2)c1. The summed E-state index contributed by atoms with van der Waals surface area (Å²) in [4.78, 5) is 28.0. The molecule has 24 heavy (non-hydrogen) atoms. The first-order chi connectivity index (χ1) is 11.6. The highest BCUT2D eigenvalue weighted by Crippen LogP contribution is 2.14. The summed E-state index contributed by atoms with van der Waals surface area (Å²) >= 11 is 0. The van der Waals surface area contributed by atoms with Gasteiger partial charge in [-0.15, -0.1) is 0 Å². The molecule has 6 heteroatoms. The predicted octanol–water partition coefficient (Wildman–Crippen LogP) is 3.33. The van der Waals surface area contributed by atoms with Crippen molar-refractivity contribution >= 4 is 23.3 Å². The monoisotopic (exact) mass is 327 g/mol. The second-order valence-electron chi connectivity index (χ2n) is 5.24. The molecule has 0 bridgehead atoms. The van der Waals surface area contributed by atoms with E-state index in [0.29, 0.717) is 16.9 Å². The van der Waals surface area contributed by atoms with E-state index in [4.69, 9.17) is 0 Å². The summed E-state index contributed by atoms with van der Waals surface area (Å²) in [5.41, 5.74) is 2.04. The van der Waals surface area contributed by atoms with Crippen LogP contribution in [0.5, 0.6) is 0 Å². The number of ether oxygens (including phenoxy) is 1. The molecule has 1 aromatic heterocycles. The Morgan fingerprint density at radius 1 is 1.17 bits per heavy atom. The fourth-order valence-corrected chi connectivity index (χ4v) is 2.11. The molecule has 0 saturated carbocycles. The maximum atomic E-state index is 12.3. The van der Waals surface area contributed by atoms with Crippen molar-refractivity contribution in [1.82, 2.24) is 4.98 Å². The van der Waals surface area contributed by atoms with Gasteiger partial charge in [-0.2, -0.15) is 0 Å². The standard InChI is InChI=1S/C18H21N3O3/c1-3-4-9-19-14-8-10-20-16(12-14)17(22)21-15-7-5-6-13(11-15)18(23)24-2/h5-8,10-12H,3-4,9H2,1-2H3,(H,19,20)(H,21,22). The first kappa shape index (κ1) is 17.5. The zero-order valence-corrected chi connectivity index (χ0v) is 13.8. The minimum Gasteiger partial charge on any atom is -0.465 e. The lowest BCUT2D eigenvalue weighted by Crippen LogP contribution is -2.14. The van der Waals surface area contributed by atoms with Crippen LogP contribution in [0, 0.1) is 0 Å². The summed E-state index contributed by atoms with van der Waals surface area (Å²) in [6.07, 6.45) is 3.75. The fraction of sp³-hybridized carbons (Fsp3) is 0.278. The zero-order chi connectivity index (χ0) is 17.4.